The van der Waals surface area contributed by atoms with E-state index in [0.29, 0.717) is 29.9 Å². The van der Waals surface area contributed by atoms with E-state index in [1.807, 2.05) is 18.2 Å². The zero-order valence-corrected chi connectivity index (χ0v) is 48.6. The number of H-pyrrole nitrogens is 1. The summed E-state index contributed by atoms with van der Waals surface area (Å²) in [6, 6.07) is 3.16. The number of aliphatic hydroxyl groups excluding tert-OH is 2. The molecule has 27 heteroatoms. The van der Waals surface area contributed by atoms with Crippen LogP contribution in [-0.4, -0.2) is 202 Å². The molecule has 8 amide bonds. The summed E-state index contributed by atoms with van der Waals surface area (Å²) in [6.45, 7) is 9.16. The number of aliphatic hydroxyl groups is 2. The molecule has 3 aromatic rings. The van der Waals surface area contributed by atoms with Crippen LogP contribution in [0.1, 0.15) is 78.4 Å². The largest absolute Gasteiger partial charge is 0.508 e. The number of carboxylic acid groups (broad SMARTS) is 1. The predicted molar refractivity (Wildman–Crippen MR) is 304 cm³/mol. The lowest BCUT2D eigenvalue weighted by molar-refractivity contribution is -0.144. The number of hydrogen-bond acceptors (Lipinski definition) is 17. The van der Waals surface area contributed by atoms with E-state index in [1.54, 1.807) is 40.0 Å². The van der Waals surface area contributed by atoms with Crippen molar-refractivity contribution in [2.45, 2.75) is 128 Å². The summed E-state index contributed by atoms with van der Waals surface area (Å²) >= 11 is 1.14. The van der Waals surface area contributed by atoms with Gasteiger partial charge in [-0.1, -0.05) is 69.8 Å². The fourth-order valence-corrected chi connectivity index (χ4v) is 9.40. The van der Waals surface area contributed by atoms with E-state index >= 15 is 0 Å². The number of amides is 8. The highest BCUT2D eigenvalue weighted by Crippen LogP contribution is 2.22. The number of phenols is 1. The molecule has 12 N–H and O–H groups in total. The fourth-order valence-electron chi connectivity index (χ4n) is 8.91. The number of carbonyl (C=O) groups excluding carboxylic acids is 9. The Bertz CT molecular complexity index is 2650. The Morgan fingerprint density at radius 2 is 1.36 bits per heavy atom. The maximum atomic E-state index is 14.2. The summed E-state index contributed by atoms with van der Waals surface area (Å²) in [5, 5.41) is 59.8. The van der Waals surface area contributed by atoms with Gasteiger partial charge in [-0.2, -0.15) is 0 Å². The molecule has 1 aliphatic heterocycles. The molecule has 2 heterocycles. The van der Waals surface area contributed by atoms with E-state index in [1.165, 1.54) is 38.1 Å². The van der Waals surface area contributed by atoms with Crippen LogP contribution in [0.25, 0.3) is 10.9 Å². The number of ether oxygens (including phenoxy) is 3. The van der Waals surface area contributed by atoms with Crippen molar-refractivity contribution >= 4 is 81.0 Å². The second-order valence-corrected chi connectivity index (χ2v) is 22.0. The molecule has 83 heavy (non-hydrogen) atoms. The molecular weight excluding hydrogens is 1100 g/mol. The van der Waals surface area contributed by atoms with Crippen LogP contribution in [0, 0.1) is 11.8 Å². The Kier molecular flexibility index (Phi) is 28.9. The highest BCUT2D eigenvalue weighted by atomic mass is 32.2. The van der Waals surface area contributed by atoms with Crippen molar-refractivity contribution in [3.05, 3.63) is 65.9 Å². The molecule has 4 rings (SSSR count). The molecule has 8 atom stereocenters. The summed E-state index contributed by atoms with van der Waals surface area (Å²) in [5.41, 5.74) is 1.87. The van der Waals surface area contributed by atoms with E-state index in [4.69, 9.17) is 14.2 Å². The lowest BCUT2D eigenvalue weighted by Crippen LogP contribution is -2.62. The maximum absolute atomic E-state index is 14.2. The third-order valence-corrected chi connectivity index (χ3v) is 14.0. The number of carbonyl (C=O) groups is 10. The SMILES string of the molecule is CC(=O)SCCOCCC(=O)NCCOCCOCC(=O)N[C@@H](CC(C)C)C(=O)N[C@H](C(=O)N[C@H](C(=O)N[C@@H](CO)C(=O)N1CCC[C@H]1C(=O)N[C@@H](Cc1c[nH]c2ccccc12)C(=O)N[C@@H](Cc1ccc(O)cc1)C(=O)O)C(C)C)[C@@H](C)O. The van der Waals surface area contributed by atoms with E-state index in [-0.39, 0.29) is 94.3 Å². The monoisotopic (exact) mass is 1180 g/mol. The molecule has 26 nitrogen and oxygen atoms in total. The molecule has 0 aliphatic carbocycles. The Balaban J connectivity index is 1.33. The smallest absolute Gasteiger partial charge is 0.326 e. The van der Waals surface area contributed by atoms with Crippen LogP contribution in [0.5, 0.6) is 5.75 Å². The zero-order valence-electron chi connectivity index (χ0n) is 47.7. The number of likely N-dealkylation sites (tertiary alicyclic amines) is 1. The fraction of sp³-hybridized carbons (Fsp3) is 0.571. The van der Waals surface area contributed by atoms with Gasteiger partial charge in [-0.05, 0) is 67.3 Å². The Hall–Kier alpha value is -7.17. The van der Waals surface area contributed by atoms with Crippen molar-refractivity contribution in [1.82, 2.24) is 47.1 Å². The van der Waals surface area contributed by atoms with Gasteiger partial charge in [0.2, 0.25) is 47.3 Å². The van der Waals surface area contributed by atoms with Gasteiger partial charge in [-0.15, -0.1) is 0 Å². The van der Waals surface area contributed by atoms with E-state index in [0.717, 1.165) is 27.6 Å². The first-order valence-electron chi connectivity index (χ1n) is 27.6. The average Bonchev–Trinajstić information content (AvgIpc) is 4.13. The quantitative estimate of drug-likeness (QED) is 0.0328. The molecule has 0 bridgehead atoms. The highest BCUT2D eigenvalue weighted by molar-refractivity contribution is 8.13. The summed E-state index contributed by atoms with van der Waals surface area (Å²) in [4.78, 5) is 137. The van der Waals surface area contributed by atoms with Crippen molar-refractivity contribution < 1.29 is 82.6 Å². The van der Waals surface area contributed by atoms with Crippen molar-refractivity contribution in [3.8, 4) is 5.75 Å². The maximum Gasteiger partial charge on any atom is 0.326 e. The molecule has 458 valence electrons. The standard InChI is InChI=1S/C56H81N9O17S/c1-32(2)26-41(59-47(71)31-82-23-22-81-21-18-57-46(70)17-20-80-24-25-83-35(6)68)51(73)64-49(34(5)67)54(76)63-48(33(3)4)53(75)62-44(30-66)55(77)65-19-9-12-45(65)52(74)60-42(28-37-29-58-40-11-8-7-10-39(37)40)50(72)61-43(56(78)79)27-36-13-15-38(69)16-14-36/h7-8,10-11,13-16,29,32-34,41-45,48-49,58,66-67,69H,9,12,17-28,30-31H2,1-6H3,(H,57,70)(H,59,71)(H,60,74)(H,61,72)(H,62,75)(H,63,76)(H,64,73)(H,78,79)/t34-,41+,42+,43+,44+,45+,48+,49+/m1/s1. The number of aromatic amines is 1. The number of nitrogens with one attached hydrogen (secondary N) is 8. The molecule has 1 aromatic heterocycles. The number of aliphatic carboxylic acids is 1. The number of fused-ring (bicyclic) bond motifs is 1. The van der Waals surface area contributed by atoms with Crippen molar-refractivity contribution in [2.24, 2.45) is 11.8 Å². The molecule has 1 fully saturated rings. The Morgan fingerprint density at radius 3 is 2.02 bits per heavy atom. The summed E-state index contributed by atoms with van der Waals surface area (Å²) in [5.74, 6) is -7.76. The minimum absolute atomic E-state index is 0.00673. The first-order valence-corrected chi connectivity index (χ1v) is 28.6. The minimum atomic E-state index is -1.65. The van der Waals surface area contributed by atoms with E-state index in [9.17, 15) is 68.4 Å². The Labute approximate surface area is 486 Å². The van der Waals surface area contributed by atoms with Gasteiger partial charge in [0.1, 0.15) is 54.6 Å². The van der Waals surface area contributed by atoms with Gasteiger partial charge < -0.3 is 81.7 Å². The highest BCUT2D eigenvalue weighted by Gasteiger charge is 2.41. The summed E-state index contributed by atoms with van der Waals surface area (Å²) in [6.07, 6.45) is 0.611. The average molecular weight is 1180 g/mol. The summed E-state index contributed by atoms with van der Waals surface area (Å²) < 4.78 is 16.2. The number of phenolic OH excluding ortho intramolecular Hbond substituents is 1. The summed E-state index contributed by atoms with van der Waals surface area (Å²) in [7, 11) is 0. The van der Waals surface area contributed by atoms with Crippen molar-refractivity contribution in [2.75, 3.05) is 65.1 Å². The molecular formula is C56H81N9O17S. The van der Waals surface area contributed by atoms with E-state index in [2.05, 4.69) is 42.2 Å². The topological polar surface area (TPSA) is 383 Å². The molecule has 0 unspecified atom stereocenters. The van der Waals surface area contributed by atoms with Crippen LogP contribution in [0.2, 0.25) is 0 Å². The minimum Gasteiger partial charge on any atom is -0.508 e. The van der Waals surface area contributed by atoms with Gasteiger partial charge in [-0.25, -0.2) is 4.79 Å². The van der Waals surface area contributed by atoms with Gasteiger partial charge in [0.05, 0.1) is 45.7 Å². The molecule has 1 saturated heterocycles. The van der Waals surface area contributed by atoms with Gasteiger partial charge >= 0.3 is 5.97 Å². The number of rotatable bonds is 36. The molecule has 2 aromatic carbocycles. The van der Waals surface area contributed by atoms with Crippen LogP contribution in [0.15, 0.2) is 54.7 Å². The van der Waals surface area contributed by atoms with Crippen LogP contribution < -0.4 is 37.2 Å². The zero-order chi connectivity index (χ0) is 61.2. The van der Waals surface area contributed by atoms with Crippen LogP contribution in [0.4, 0.5) is 0 Å². The van der Waals surface area contributed by atoms with Gasteiger partial charge in [0.25, 0.3) is 0 Å². The second-order valence-electron chi connectivity index (χ2n) is 20.8. The molecule has 0 spiro atoms. The van der Waals surface area contributed by atoms with Crippen LogP contribution in [-0.2, 0) is 75.0 Å². The number of nitrogens with zero attached hydrogens (tertiary/aromatic N) is 1. The van der Waals surface area contributed by atoms with E-state index < -0.39 is 115 Å². The molecule has 0 radical (unpaired) electrons. The number of aromatic nitrogens is 1. The Morgan fingerprint density at radius 1 is 0.711 bits per heavy atom. The lowest BCUT2D eigenvalue weighted by atomic mass is 10.0. The first-order chi connectivity index (χ1) is 39.5. The molecule has 0 saturated carbocycles. The predicted octanol–water partition coefficient (Wildman–Crippen LogP) is -0.446. The number of benzene rings is 2. The molecule has 1 aliphatic rings. The van der Waals surface area contributed by atoms with Gasteiger partial charge in [0, 0.05) is 62.1 Å². The van der Waals surface area contributed by atoms with Crippen molar-refractivity contribution in [3.63, 3.8) is 0 Å². The third-order valence-electron chi connectivity index (χ3n) is 13.2. The number of para-hydroxylation sites is 1. The van der Waals surface area contributed by atoms with Crippen molar-refractivity contribution in [1.29, 1.82) is 0 Å². The first kappa shape index (κ1) is 68.3. The van der Waals surface area contributed by atoms with Crippen LogP contribution in [0.3, 0.4) is 0 Å². The lowest BCUT2D eigenvalue weighted by Gasteiger charge is -2.31. The van der Waals surface area contributed by atoms with Crippen LogP contribution >= 0.6 is 11.8 Å². The second kappa shape index (κ2) is 35.1. The third kappa shape index (κ3) is 23.2. The number of carboxylic acids is 1. The number of hydrogen-bond donors (Lipinski definition) is 12. The van der Waals surface area contributed by atoms with Gasteiger partial charge in [-0.3, -0.25) is 43.2 Å². The number of aromatic hydroxyl groups is 1. The normalized spacial score (nSPS) is 15.7. The van der Waals surface area contributed by atoms with Gasteiger partial charge in [0.15, 0.2) is 5.12 Å². The number of thioether (sulfide) groups is 1.